The molecule has 0 aliphatic rings. The lowest BCUT2D eigenvalue weighted by Gasteiger charge is -2.22. The Kier molecular flexibility index (Phi) is 4.43. The molecule has 4 heteroatoms. The van der Waals surface area contributed by atoms with Gasteiger partial charge in [0.15, 0.2) is 0 Å². The summed E-state index contributed by atoms with van der Waals surface area (Å²) in [4.78, 5) is 2.07. The minimum absolute atomic E-state index is 0.0144. The predicted octanol–water partition coefficient (Wildman–Crippen LogP) is 4.11. The fourth-order valence-electron chi connectivity index (χ4n) is 1.98. The fourth-order valence-corrected chi connectivity index (χ4v) is 2.64. The molecule has 0 amide bonds. The van der Waals surface area contributed by atoms with Crippen LogP contribution in [0.25, 0.3) is 0 Å². The minimum Gasteiger partial charge on any atom is -0.344 e. The summed E-state index contributed by atoms with van der Waals surface area (Å²) in [6.07, 6.45) is 0. The first-order chi connectivity index (χ1) is 9.52. The topological polar surface area (TPSA) is 53.0 Å². The molecule has 0 unspecified atom stereocenters. The molecule has 0 spiro atoms. The molecule has 0 saturated heterocycles. The summed E-state index contributed by atoms with van der Waals surface area (Å²) in [6.45, 7) is 1.96. The molecule has 0 aromatic heterocycles. The average Bonchev–Trinajstić information content (AvgIpc) is 2.46. The maximum absolute atomic E-state index is 8.83. The zero-order chi connectivity index (χ0) is 14.7. The molecule has 20 heavy (non-hydrogen) atoms. The van der Waals surface area contributed by atoms with Gasteiger partial charge in [0.25, 0.3) is 0 Å². The summed E-state index contributed by atoms with van der Waals surface area (Å²) in [5.41, 5.74) is 9.72. The molecule has 0 heterocycles. The van der Waals surface area contributed by atoms with Crippen molar-refractivity contribution in [3.05, 3.63) is 58.1 Å². The number of benzene rings is 2. The van der Waals surface area contributed by atoms with Crippen LogP contribution in [0.2, 0.25) is 0 Å². The molecule has 1 atom stereocenters. The third-order valence-electron chi connectivity index (χ3n) is 3.24. The van der Waals surface area contributed by atoms with Gasteiger partial charge in [0.1, 0.15) is 0 Å². The molecule has 0 radical (unpaired) electrons. The van der Waals surface area contributed by atoms with Gasteiger partial charge in [-0.1, -0.05) is 6.07 Å². The summed E-state index contributed by atoms with van der Waals surface area (Å²) in [7, 11) is 1.99. The van der Waals surface area contributed by atoms with Crippen LogP contribution in [-0.2, 0) is 0 Å². The predicted molar refractivity (Wildman–Crippen MR) is 86.0 cm³/mol. The first kappa shape index (κ1) is 14.6. The Labute approximate surface area is 127 Å². The van der Waals surface area contributed by atoms with Crippen molar-refractivity contribution in [3.63, 3.8) is 0 Å². The van der Waals surface area contributed by atoms with E-state index in [4.69, 9.17) is 11.0 Å². The van der Waals surface area contributed by atoms with Crippen LogP contribution >= 0.6 is 15.9 Å². The second-order valence-corrected chi connectivity index (χ2v) is 5.57. The fraction of sp³-hybridized carbons (Fsp3) is 0.188. The second kappa shape index (κ2) is 6.08. The monoisotopic (exact) mass is 329 g/mol. The largest absolute Gasteiger partial charge is 0.344 e. The molecular formula is C16H16BrN3. The summed E-state index contributed by atoms with van der Waals surface area (Å²) in [5, 5.41) is 8.83. The number of nitrogens with zero attached hydrogens (tertiary/aromatic N) is 2. The average molecular weight is 330 g/mol. The molecule has 2 aromatic carbocycles. The van der Waals surface area contributed by atoms with Gasteiger partial charge in [0.05, 0.1) is 17.3 Å². The summed E-state index contributed by atoms with van der Waals surface area (Å²) in [6, 6.07) is 15.8. The Bertz CT molecular complexity index is 642. The normalized spacial score (nSPS) is 11.8. The quantitative estimate of drug-likeness (QED) is 0.921. The Morgan fingerprint density at radius 2 is 1.85 bits per heavy atom. The van der Waals surface area contributed by atoms with E-state index >= 15 is 0 Å². The Hall–Kier alpha value is -1.83. The Balaban J connectivity index is 2.33. The van der Waals surface area contributed by atoms with Gasteiger partial charge in [0.2, 0.25) is 0 Å². The van der Waals surface area contributed by atoms with Crippen LogP contribution in [0.4, 0.5) is 11.4 Å². The lowest BCUT2D eigenvalue weighted by Crippen LogP contribution is -2.11. The minimum atomic E-state index is 0.0144. The van der Waals surface area contributed by atoms with Crippen LogP contribution in [0.3, 0.4) is 0 Å². The van der Waals surface area contributed by atoms with Crippen molar-refractivity contribution >= 4 is 27.3 Å². The van der Waals surface area contributed by atoms with Gasteiger partial charge < -0.3 is 10.6 Å². The van der Waals surface area contributed by atoms with Gasteiger partial charge in [-0.25, -0.2) is 0 Å². The van der Waals surface area contributed by atoms with Crippen molar-refractivity contribution in [2.24, 2.45) is 5.73 Å². The first-order valence-electron chi connectivity index (χ1n) is 6.32. The molecule has 0 fully saturated rings. The molecule has 2 aromatic rings. The maximum Gasteiger partial charge on any atom is 0.0991 e. The highest BCUT2D eigenvalue weighted by Gasteiger charge is 2.10. The van der Waals surface area contributed by atoms with Crippen molar-refractivity contribution in [2.45, 2.75) is 13.0 Å². The highest BCUT2D eigenvalue weighted by molar-refractivity contribution is 9.10. The van der Waals surface area contributed by atoms with Gasteiger partial charge in [-0.15, -0.1) is 0 Å². The maximum atomic E-state index is 8.83. The standard InChI is InChI=1S/C16H16BrN3/c1-11(19)13-5-8-16(15(17)9-13)20(2)14-6-3-12(10-18)4-7-14/h3-9,11H,19H2,1-2H3/t11-/m0/s1. The van der Waals surface area contributed by atoms with Crippen LogP contribution in [-0.4, -0.2) is 7.05 Å². The lowest BCUT2D eigenvalue weighted by molar-refractivity contribution is 0.817. The smallest absolute Gasteiger partial charge is 0.0991 e. The highest BCUT2D eigenvalue weighted by atomic mass is 79.9. The van der Waals surface area contributed by atoms with E-state index in [1.807, 2.05) is 56.4 Å². The van der Waals surface area contributed by atoms with E-state index in [-0.39, 0.29) is 6.04 Å². The molecule has 102 valence electrons. The molecule has 2 N–H and O–H groups in total. The lowest BCUT2D eigenvalue weighted by atomic mass is 10.1. The van der Waals surface area contributed by atoms with Crippen LogP contribution in [0.5, 0.6) is 0 Å². The third-order valence-corrected chi connectivity index (χ3v) is 3.88. The van der Waals surface area contributed by atoms with Crippen LogP contribution in [0, 0.1) is 11.3 Å². The van der Waals surface area contributed by atoms with Crippen molar-refractivity contribution in [3.8, 4) is 6.07 Å². The van der Waals surface area contributed by atoms with Gasteiger partial charge >= 0.3 is 0 Å². The number of hydrogen-bond acceptors (Lipinski definition) is 3. The van der Waals surface area contributed by atoms with E-state index < -0.39 is 0 Å². The molecule has 2 rings (SSSR count). The molecule has 3 nitrogen and oxygen atoms in total. The highest BCUT2D eigenvalue weighted by Crippen LogP contribution is 2.32. The van der Waals surface area contributed by atoms with Gasteiger partial charge in [0, 0.05) is 23.2 Å². The van der Waals surface area contributed by atoms with E-state index in [0.29, 0.717) is 5.56 Å². The van der Waals surface area contributed by atoms with E-state index in [2.05, 4.69) is 26.9 Å². The molecular weight excluding hydrogens is 314 g/mol. The van der Waals surface area contributed by atoms with Crippen LogP contribution in [0.15, 0.2) is 46.9 Å². The second-order valence-electron chi connectivity index (χ2n) is 4.72. The van der Waals surface area contributed by atoms with Gasteiger partial charge in [-0.2, -0.15) is 5.26 Å². The molecule has 0 saturated carbocycles. The van der Waals surface area contributed by atoms with Gasteiger partial charge in [-0.05, 0) is 64.8 Å². The van der Waals surface area contributed by atoms with Crippen LogP contribution in [0.1, 0.15) is 24.1 Å². The zero-order valence-electron chi connectivity index (χ0n) is 11.5. The summed E-state index contributed by atoms with van der Waals surface area (Å²) >= 11 is 3.59. The zero-order valence-corrected chi connectivity index (χ0v) is 13.1. The van der Waals surface area contributed by atoms with E-state index in [1.165, 1.54) is 0 Å². The number of halogens is 1. The number of nitriles is 1. The number of rotatable bonds is 3. The number of hydrogen-bond donors (Lipinski definition) is 1. The molecule has 0 bridgehead atoms. The van der Waals surface area contributed by atoms with Gasteiger partial charge in [-0.3, -0.25) is 0 Å². The third kappa shape index (κ3) is 3.01. The SMILES string of the molecule is C[C@H](N)c1ccc(N(C)c2ccc(C#N)cc2)c(Br)c1. The van der Waals surface area contributed by atoms with Crippen molar-refractivity contribution < 1.29 is 0 Å². The number of nitrogens with two attached hydrogens (primary N) is 1. The number of anilines is 2. The van der Waals surface area contributed by atoms with Crippen molar-refractivity contribution in [1.82, 2.24) is 0 Å². The van der Waals surface area contributed by atoms with Crippen molar-refractivity contribution in [1.29, 1.82) is 5.26 Å². The molecule has 0 aliphatic heterocycles. The van der Waals surface area contributed by atoms with Crippen LogP contribution < -0.4 is 10.6 Å². The Morgan fingerprint density at radius 3 is 2.35 bits per heavy atom. The first-order valence-corrected chi connectivity index (χ1v) is 7.11. The van der Waals surface area contributed by atoms with E-state index in [0.717, 1.165) is 21.4 Å². The summed E-state index contributed by atoms with van der Waals surface area (Å²) in [5.74, 6) is 0. The van der Waals surface area contributed by atoms with Crippen molar-refractivity contribution in [2.75, 3.05) is 11.9 Å². The Morgan fingerprint density at radius 1 is 1.20 bits per heavy atom. The summed E-state index contributed by atoms with van der Waals surface area (Å²) < 4.78 is 0.999. The van der Waals surface area contributed by atoms with E-state index in [9.17, 15) is 0 Å². The van der Waals surface area contributed by atoms with E-state index in [1.54, 1.807) is 0 Å². The molecule has 0 aliphatic carbocycles.